The van der Waals surface area contributed by atoms with E-state index < -0.39 is 5.92 Å². The van der Waals surface area contributed by atoms with Crippen LogP contribution in [0.2, 0.25) is 0 Å². The van der Waals surface area contributed by atoms with Crippen molar-refractivity contribution in [3.63, 3.8) is 0 Å². The minimum Gasteiger partial charge on any atom is -0.348 e. The van der Waals surface area contributed by atoms with Crippen LogP contribution < -0.4 is 0 Å². The summed E-state index contributed by atoms with van der Waals surface area (Å²) in [4.78, 5) is 17.1. The number of carbonyl (C=O) groups is 1. The van der Waals surface area contributed by atoms with E-state index in [0.29, 0.717) is 6.42 Å². The van der Waals surface area contributed by atoms with Gasteiger partial charge in [0.2, 0.25) is 5.91 Å². The first-order valence-corrected chi connectivity index (χ1v) is 4.66. The SMILES string of the molecule is CN(C)C(=O)C(C#N)Cc1ccccn1. The second kappa shape index (κ2) is 5.11. The lowest BCUT2D eigenvalue weighted by atomic mass is 10.0. The molecule has 1 atom stereocenters. The van der Waals surface area contributed by atoms with Crippen LogP contribution >= 0.6 is 0 Å². The van der Waals surface area contributed by atoms with Gasteiger partial charge in [0.25, 0.3) is 0 Å². The number of carbonyl (C=O) groups excluding carboxylic acids is 1. The van der Waals surface area contributed by atoms with Gasteiger partial charge in [-0.05, 0) is 12.1 Å². The largest absolute Gasteiger partial charge is 0.348 e. The van der Waals surface area contributed by atoms with E-state index in [2.05, 4.69) is 4.98 Å². The molecule has 1 aromatic heterocycles. The number of pyridine rings is 1. The summed E-state index contributed by atoms with van der Waals surface area (Å²) in [5.74, 6) is -0.821. The van der Waals surface area contributed by atoms with Gasteiger partial charge in [-0.1, -0.05) is 6.07 Å². The highest BCUT2D eigenvalue weighted by atomic mass is 16.2. The van der Waals surface area contributed by atoms with Gasteiger partial charge in [-0.2, -0.15) is 5.26 Å². The molecular formula is C11H13N3O. The van der Waals surface area contributed by atoms with Crippen LogP contribution in [0.15, 0.2) is 24.4 Å². The minimum atomic E-state index is -0.644. The van der Waals surface area contributed by atoms with E-state index in [9.17, 15) is 4.79 Å². The Kier molecular flexibility index (Phi) is 3.81. The lowest BCUT2D eigenvalue weighted by Gasteiger charge is -2.14. The van der Waals surface area contributed by atoms with E-state index >= 15 is 0 Å². The van der Waals surface area contributed by atoms with Crippen LogP contribution in [0, 0.1) is 17.2 Å². The van der Waals surface area contributed by atoms with Gasteiger partial charge in [-0.15, -0.1) is 0 Å². The molecule has 0 saturated heterocycles. The van der Waals surface area contributed by atoms with E-state index in [0.717, 1.165) is 5.69 Å². The highest BCUT2D eigenvalue weighted by molar-refractivity contribution is 5.80. The van der Waals surface area contributed by atoms with Crippen LogP contribution in [0.1, 0.15) is 5.69 Å². The summed E-state index contributed by atoms with van der Waals surface area (Å²) in [7, 11) is 3.29. The summed E-state index contributed by atoms with van der Waals surface area (Å²) >= 11 is 0. The first-order valence-electron chi connectivity index (χ1n) is 4.66. The van der Waals surface area contributed by atoms with Crippen molar-refractivity contribution in [3.8, 4) is 6.07 Å². The molecule has 0 aromatic carbocycles. The molecule has 78 valence electrons. The zero-order valence-corrected chi connectivity index (χ0v) is 8.84. The maximum Gasteiger partial charge on any atom is 0.239 e. The number of aromatic nitrogens is 1. The van der Waals surface area contributed by atoms with Crippen molar-refractivity contribution >= 4 is 5.91 Å². The van der Waals surface area contributed by atoms with Crippen molar-refractivity contribution in [2.45, 2.75) is 6.42 Å². The summed E-state index contributed by atoms with van der Waals surface area (Å²) < 4.78 is 0. The fourth-order valence-corrected chi connectivity index (χ4v) is 1.23. The number of rotatable bonds is 3. The normalized spacial score (nSPS) is 11.5. The molecule has 0 aliphatic carbocycles. The molecule has 0 fully saturated rings. The molecule has 1 amide bonds. The highest BCUT2D eigenvalue weighted by Gasteiger charge is 2.20. The summed E-state index contributed by atoms with van der Waals surface area (Å²) in [6.45, 7) is 0. The zero-order valence-electron chi connectivity index (χ0n) is 8.84. The minimum absolute atomic E-state index is 0.178. The van der Waals surface area contributed by atoms with Crippen LogP contribution in [-0.4, -0.2) is 29.9 Å². The molecule has 0 aliphatic rings. The molecule has 4 heteroatoms. The Hall–Kier alpha value is -1.89. The van der Waals surface area contributed by atoms with Crippen LogP contribution in [0.25, 0.3) is 0 Å². The zero-order chi connectivity index (χ0) is 11.3. The van der Waals surface area contributed by atoms with E-state index in [-0.39, 0.29) is 5.91 Å². The molecule has 1 aromatic rings. The molecule has 0 N–H and O–H groups in total. The Labute approximate surface area is 89.2 Å². The maximum absolute atomic E-state index is 11.6. The molecule has 0 radical (unpaired) electrons. The van der Waals surface area contributed by atoms with Crippen LogP contribution in [0.3, 0.4) is 0 Å². The van der Waals surface area contributed by atoms with Gasteiger partial charge in [0.1, 0.15) is 5.92 Å². The van der Waals surface area contributed by atoms with Gasteiger partial charge in [0.05, 0.1) is 6.07 Å². The van der Waals surface area contributed by atoms with Gasteiger partial charge in [-0.3, -0.25) is 9.78 Å². The number of nitrogens with zero attached hydrogens (tertiary/aromatic N) is 3. The van der Waals surface area contributed by atoms with E-state index in [1.807, 2.05) is 18.2 Å². The molecule has 0 aliphatic heterocycles. The predicted molar refractivity (Wildman–Crippen MR) is 55.7 cm³/mol. The van der Waals surface area contributed by atoms with E-state index in [1.165, 1.54) is 4.90 Å². The Balaban J connectivity index is 2.72. The van der Waals surface area contributed by atoms with E-state index in [1.54, 1.807) is 26.4 Å². The predicted octanol–water partition coefficient (Wildman–Crippen LogP) is 0.852. The second-order valence-corrected chi connectivity index (χ2v) is 3.44. The quantitative estimate of drug-likeness (QED) is 0.731. The summed E-state index contributed by atoms with van der Waals surface area (Å²) in [6.07, 6.45) is 2.03. The van der Waals surface area contributed by atoms with Crippen LogP contribution in [0.4, 0.5) is 0 Å². The smallest absolute Gasteiger partial charge is 0.239 e. The number of nitriles is 1. The molecule has 0 spiro atoms. The molecule has 0 bridgehead atoms. The fourth-order valence-electron chi connectivity index (χ4n) is 1.23. The lowest BCUT2D eigenvalue weighted by molar-refractivity contribution is -0.131. The van der Waals surface area contributed by atoms with Crippen molar-refractivity contribution < 1.29 is 4.79 Å². The number of hydrogen-bond acceptors (Lipinski definition) is 3. The van der Waals surface area contributed by atoms with Gasteiger partial charge >= 0.3 is 0 Å². The Morgan fingerprint density at radius 1 is 1.60 bits per heavy atom. The first-order chi connectivity index (χ1) is 7.15. The average molecular weight is 203 g/mol. The molecule has 1 unspecified atom stereocenters. The average Bonchev–Trinajstić information content (AvgIpc) is 2.26. The molecule has 1 rings (SSSR count). The molecule has 4 nitrogen and oxygen atoms in total. The summed E-state index contributed by atoms with van der Waals surface area (Å²) in [5.41, 5.74) is 0.763. The molecule has 1 heterocycles. The van der Waals surface area contributed by atoms with Crippen molar-refractivity contribution in [1.82, 2.24) is 9.88 Å². The third-order valence-electron chi connectivity index (χ3n) is 2.03. The standard InChI is InChI=1S/C11H13N3O/c1-14(2)11(15)9(8-12)7-10-5-3-4-6-13-10/h3-6,9H,7H2,1-2H3. The Bertz CT molecular complexity index is 367. The van der Waals surface area contributed by atoms with Crippen molar-refractivity contribution in [1.29, 1.82) is 5.26 Å². The molecule has 15 heavy (non-hydrogen) atoms. The fraction of sp³-hybridized carbons (Fsp3) is 0.364. The lowest BCUT2D eigenvalue weighted by Crippen LogP contribution is -2.30. The Morgan fingerprint density at radius 2 is 2.33 bits per heavy atom. The van der Waals surface area contributed by atoms with Gasteiger partial charge in [-0.25, -0.2) is 0 Å². The highest BCUT2D eigenvalue weighted by Crippen LogP contribution is 2.07. The summed E-state index contributed by atoms with van der Waals surface area (Å²) in [6, 6.07) is 7.46. The van der Waals surface area contributed by atoms with Crippen molar-refractivity contribution in [2.75, 3.05) is 14.1 Å². The van der Waals surface area contributed by atoms with Gasteiger partial charge in [0, 0.05) is 32.4 Å². The topological polar surface area (TPSA) is 57.0 Å². The summed E-state index contributed by atoms with van der Waals surface area (Å²) in [5, 5.41) is 8.88. The third-order valence-corrected chi connectivity index (χ3v) is 2.03. The number of hydrogen-bond donors (Lipinski definition) is 0. The van der Waals surface area contributed by atoms with Crippen molar-refractivity contribution in [2.24, 2.45) is 5.92 Å². The monoisotopic (exact) mass is 203 g/mol. The molecule has 0 saturated carbocycles. The third kappa shape index (κ3) is 3.06. The van der Waals surface area contributed by atoms with Crippen LogP contribution in [0.5, 0.6) is 0 Å². The first kappa shape index (κ1) is 11.2. The maximum atomic E-state index is 11.6. The van der Waals surface area contributed by atoms with Gasteiger partial charge in [0.15, 0.2) is 0 Å². The van der Waals surface area contributed by atoms with Crippen molar-refractivity contribution in [3.05, 3.63) is 30.1 Å². The molecular weight excluding hydrogens is 190 g/mol. The van der Waals surface area contributed by atoms with Gasteiger partial charge < -0.3 is 4.90 Å². The van der Waals surface area contributed by atoms with E-state index in [4.69, 9.17) is 5.26 Å². The van der Waals surface area contributed by atoms with Crippen LogP contribution in [-0.2, 0) is 11.2 Å². The number of amides is 1. The Morgan fingerprint density at radius 3 is 2.80 bits per heavy atom. The second-order valence-electron chi connectivity index (χ2n) is 3.44.